The van der Waals surface area contributed by atoms with Crippen molar-refractivity contribution in [1.29, 1.82) is 0 Å². The van der Waals surface area contributed by atoms with Crippen LogP contribution >= 0.6 is 15.9 Å². The van der Waals surface area contributed by atoms with Crippen molar-refractivity contribution in [3.63, 3.8) is 0 Å². The third-order valence-corrected chi connectivity index (χ3v) is 1.89. The second kappa shape index (κ2) is 4.77. The van der Waals surface area contributed by atoms with Gasteiger partial charge in [-0.2, -0.15) is 0 Å². The van der Waals surface area contributed by atoms with E-state index in [4.69, 9.17) is 0 Å². The van der Waals surface area contributed by atoms with Crippen molar-refractivity contribution in [3.8, 4) is 0 Å². The lowest BCUT2D eigenvalue weighted by Crippen LogP contribution is -2.06. The number of esters is 1. The van der Waals surface area contributed by atoms with Crippen LogP contribution in [0.2, 0.25) is 0 Å². The molecule has 0 radical (unpaired) electrons. The molecule has 3 nitrogen and oxygen atoms in total. The molecule has 0 fully saturated rings. The summed E-state index contributed by atoms with van der Waals surface area (Å²) in [5.41, 5.74) is 0.435. The Labute approximate surface area is 83.8 Å². The molecular weight excluding hydrogens is 236 g/mol. The summed E-state index contributed by atoms with van der Waals surface area (Å²) in [6, 6.07) is 6.71. The summed E-state index contributed by atoms with van der Waals surface area (Å²) in [5.74, 6) is -0.486. The quantitative estimate of drug-likeness (QED) is 0.600. The Bertz CT molecular complexity index is 305. The number of hydrogen-bond donors (Lipinski definition) is 0. The zero-order valence-electron chi connectivity index (χ0n) is 6.70. The normalized spacial score (nSPS) is 9.31. The van der Waals surface area contributed by atoms with Crippen molar-refractivity contribution in [3.05, 3.63) is 34.3 Å². The number of aldehydes is 1. The zero-order chi connectivity index (χ0) is 9.68. The minimum Gasteiger partial charge on any atom is -0.454 e. The van der Waals surface area contributed by atoms with Crippen LogP contribution < -0.4 is 0 Å². The van der Waals surface area contributed by atoms with E-state index in [0.29, 0.717) is 11.8 Å². The summed E-state index contributed by atoms with van der Waals surface area (Å²) < 4.78 is 5.48. The maximum absolute atomic E-state index is 11.1. The molecule has 4 heteroatoms. The van der Waals surface area contributed by atoms with E-state index >= 15 is 0 Å². The van der Waals surface area contributed by atoms with Crippen molar-refractivity contribution in [1.82, 2.24) is 0 Å². The van der Waals surface area contributed by atoms with E-state index in [2.05, 4.69) is 20.7 Å². The van der Waals surface area contributed by atoms with E-state index in [1.54, 1.807) is 24.3 Å². The Kier molecular flexibility index (Phi) is 3.64. The zero-order valence-corrected chi connectivity index (χ0v) is 8.28. The molecule has 1 aromatic rings. The van der Waals surface area contributed by atoms with Gasteiger partial charge >= 0.3 is 5.97 Å². The highest BCUT2D eigenvalue weighted by Gasteiger charge is 2.04. The van der Waals surface area contributed by atoms with Crippen LogP contribution in [0, 0.1) is 0 Å². The minimum atomic E-state index is -0.486. The van der Waals surface area contributed by atoms with E-state index in [1.807, 2.05) is 0 Å². The van der Waals surface area contributed by atoms with Gasteiger partial charge in [0.25, 0.3) is 0 Å². The van der Waals surface area contributed by atoms with Gasteiger partial charge in [-0.25, -0.2) is 4.79 Å². The van der Waals surface area contributed by atoms with Gasteiger partial charge in [-0.15, -0.1) is 0 Å². The maximum Gasteiger partial charge on any atom is 0.338 e. The van der Waals surface area contributed by atoms with Crippen molar-refractivity contribution < 1.29 is 14.3 Å². The lowest BCUT2D eigenvalue weighted by atomic mass is 10.2. The van der Waals surface area contributed by atoms with Gasteiger partial charge in [0.1, 0.15) is 6.61 Å². The van der Waals surface area contributed by atoms with E-state index in [9.17, 15) is 9.59 Å². The van der Waals surface area contributed by atoms with Gasteiger partial charge in [0, 0.05) is 4.47 Å². The lowest BCUT2D eigenvalue weighted by Gasteiger charge is -1.99. The lowest BCUT2D eigenvalue weighted by molar-refractivity contribution is -0.110. The maximum atomic E-state index is 11.1. The molecule has 0 heterocycles. The Morgan fingerprint density at radius 3 is 2.54 bits per heavy atom. The van der Waals surface area contributed by atoms with E-state index < -0.39 is 5.97 Å². The molecule has 0 amide bonds. The van der Waals surface area contributed by atoms with Gasteiger partial charge < -0.3 is 4.74 Å². The topological polar surface area (TPSA) is 43.4 Å². The van der Waals surface area contributed by atoms with Crippen LogP contribution in [0.15, 0.2) is 28.7 Å². The summed E-state index contributed by atoms with van der Waals surface area (Å²) in [5, 5.41) is 0. The first kappa shape index (κ1) is 9.92. The summed E-state index contributed by atoms with van der Waals surface area (Å²) in [4.78, 5) is 21.0. The molecule has 1 rings (SSSR count). The Morgan fingerprint density at radius 1 is 1.38 bits per heavy atom. The smallest absolute Gasteiger partial charge is 0.338 e. The number of carbonyl (C=O) groups excluding carboxylic acids is 2. The number of hydrogen-bond acceptors (Lipinski definition) is 3. The van der Waals surface area contributed by atoms with Crippen molar-refractivity contribution in [2.24, 2.45) is 0 Å². The molecule has 0 aromatic heterocycles. The molecule has 0 unspecified atom stereocenters. The third kappa shape index (κ3) is 2.99. The van der Waals surface area contributed by atoms with E-state index in [0.717, 1.165) is 4.47 Å². The number of carbonyl (C=O) groups is 2. The van der Waals surface area contributed by atoms with Gasteiger partial charge in [-0.1, -0.05) is 15.9 Å². The fourth-order valence-corrected chi connectivity index (χ4v) is 1.04. The second-order valence-corrected chi connectivity index (χ2v) is 3.19. The van der Waals surface area contributed by atoms with E-state index in [1.165, 1.54) is 0 Å². The molecule has 0 aliphatic heterocycles. The van der Waals surface area contributed by atoms with Crippen molar-refractivity contribution in [2.45, 2.75) is 0 Å². The highest BCUT2D eigenvalue weighted by Crippen LogP contribution is 2.10. The predicted octanol–water partition coefficient (Wildman–Crippen LogP) is 1.80. The minimum absolute atomic E-state index is 0.200. The van der Waals surface area contributed by atoms with Crippen molar-refractivity contribution in [2.75, 3.05) is 6.61 Å². The van der Waals surface area contributed by atoms with Crippen LogP contribution in [0.3, 0.4) is 0 Å². The Hall–Kier alpha value is -1.16. The van der Waals surface area contributed by atoms with Crippen LogP contribution in [0.4, 0.5) is 0 Å². The largest absolute Gasteiger partial charge is 0.454 e. The number of benzene rings is 1. The molecule has 0 N–H and O–H groups in total. The highest BCUT2D eigenvalue weighted by molar-refractivity contribution is 9.10. The summed E-state index contributed by atoms with van der Waals surface area (Å²) in [6.07, 6.45) is 0.538. The molecule has 68 valence electrons. The van der Waals surface area contributed by atoms with Crippen molar-refractivity contribution >= 4 is 28.2 Å². The summed E-state index contributed by atoms with van der Waals surface area (Å²) >= 11 is 3.24. The molecule has 0 atom stereocenters. The first-order valence-corrected chi connectivity index (χ1v) is 4.39. The average molecular weight is 243 g/mol. The molecule has 13 heavy (non-hydrogen) atoms. The summed E-state index contributed by atoms with van der Waals surface area (Å²) in [6.45, 7) is -0.200. The molecule has 0 aliphatic rings. The van der Waals surface area contributed by atoms with Gasteiger partial charge in [-0.3, -0.25) is 4.79 Å². The molecular formula is C9H7BrO3. The monoisotopic (exact) mass is 242 g/mol. The van der Waals surface area contributed by atoms with Crippen LogP contribution in [0.5, 0.6) is 0 Å². The Morgan fingerprint density at radius 2 is 2.00 bits per heavy atom. The molecule has 0 saturated heterocycles. The second-order valence-electron chi connectivity index (χ2n) is 2.27. The molecule has 1 aromatic carbocycles. The van der Waals surface area contributed by atoms with Gasteiger partial charge in [0.05, 0.1) is 5.56 Å². The SMILES string of the molecule is O=CCOC(=O)c1ccc(Br)cc1. The predicted molar refractivity (Wildman–Crippen MR) is 50.5 cm³/mol. The average Bonchev–Trinajstić information content (AvgIpc) is 2.15. The van der Waals surface area contributed by atoms with Gasteiger partial charge in [0.15, 0.2) is 6.29 Å². The van der Waals surface area contributed by atoms with Gasteiger partial charge in [-0.05, 0) is 24.3 Å². The highest BCUT2D eigenvalue weighted by atomic mass is 79.9. The van der Waals surface area contributed by atoms with Crippen LogP contribution in [-0.4, -0.2) is 18.9 Å². The fraction of sp³-hybridized carbons (Fsp3) is 0.111. The summed E-state index contributed by atoms with van der Waals surface area (Å²) in [7, 11) is 0. The third-order valence-electron chi connectivity index (χ3n) is 1.36. The Balaban J connectivity index is 2.66. The fourth-order valence-electron chi connectivity index (χ4n) is 0.779. The molecule has 0 saturated carbocycles. The molecule has 0 aliphatic carbocycles. The number of ether oxygens (including phenoxy) is 1. The van der Waals surface area contributed by atoms with Crippen LogP contribution in [-0.2, 0) is 9.53 Å². The first-order valence-electron chi connectivity index (χ1n) is 3.60. The number of rotatable bonds is 3. The van der Waals surface area contributed by atoms with E-state index in [-0.39, 0.29) is 6.61 Å². The number of halogens is 1. The van der Waals surface area contributed by atoms with Gasteiger partial charge in [0.2, 0.25) is 0 Å². The molecule has 0 bridgehead atoms. The standard InChI is InChI=1S/C9H7BrO3/c10-8-3-1-7(2-4-8)9(12)13-6-5-11/h1-5H,6H2. The molecule has 0 spiro atoms. The van der Waals surface area contributed by atoms with Crippen LogP contribution in [0.1, 0.15) is 10.4 Å². The van der Waals surface area contributed by atoms with Crippen LogP contribution in [0.25, 0.3) is 0 Å². The first-order chi connectivity index (χ1) is 6.24.